The lowest BCUT2D eigenvalue weighted by atomic mass is 9.98. The van der Waals surface area contributed by atoms with Crippen LogP contribution in [0.15, 0.2) is 79.3 Å². The minimum absolute atomic E-state index is 0.189. The summed E-state index contributed by atoms with van der Waals surface area (Å²) >= 11 is 0. The number of nitrogens with zero attached hydrogens (tertiary/aromatic N) is 6. The molecule has 330 valence electrons. The fourth-order valence-electron chi connectivity index (χ4n) is 7.70. The van der Waals surface area contributed by atoms with Crippen LogP contribution in [-0.4, -0.2) is 98.9 Å². The number of primary amides is 1. The third-order valence-corrected chi connectivity index (χ3v) is 11.1. The van der Waals surface area contributed by atoms with Gasteiger partial charge in [-0.25, -0.2) is 9.97 Å². The van der Waals surface area contributed by atoms with Gasteiger partial charge in [-0.2, -0.15) is 0 Å². The summed E-state index contributed by atoms with van der Waals surface area (Å²) in [5, 5.41) is 17.6. The van der Waals surface area contributed by atoms with Crippen LogP contribution in [0.4, 0.5) is 11.4 Å². The number of unbranched alkanes of at least 4 members (excludes halogenated alkanes) is 2. The molecule has 17 heteroatoms. The first-order chi connectivity index (χ1) is 30.7. The van der Waals surface area contributed by atoms with Gasteiger partial charge in [0.1, 0.15) is 23.8 Å². The standard InChI is InChI=1S/C46H54N10O7/c1-55-41(53-54-44(55)39-18-19-48-30-51-39)28-50-33-15-14-32(36(27-33)43(47)58)13-12-31-8-5-9-34(26-31)63-24-4-2-3-21-61-22-7-23-62-25-20-49-38-11-6-10-35-37(38)29-56(46(35)60)40-16-17-42(57)52-45(40)59/h5-6,8-11,14-15,18-19,26-27,30,40,49-50H,2-4,7,12-13,16-17,20-25,28-29H2,1H3,(H2,47,58)(H,52,57,59). The van der Waals surface area contributed by atoms with Crippen LogP contribution < -0.4 is 26.4 Å². The number of anilines is 2. The summed E-state index contributed by atoms with van der Waals surface area (Å²) in [6.07, 6.45) is 8.71. The molecule has 63 heavy (non-hydrogen) atoms. The molecule has 4 amide bonds. The Balaban J connectivity index is 0.727. The van der Waals surface area contributed by atoms with Gasteiger partial charge in [0.15, 0.2) is 11.6 Å². The van der Waals surface area contributed by atoms with Crippen molar-refractivity contribution in [3.8, 4) is 17.3 Å². The molecule has 1 unspecified atom stereocenters. The third-order valence-electron chi connectivity index (χ3n) is 11.1. The van der Waals surface area contributed by atoms with Crippen molar-refractivity contribution < 1.29 is 33.4 Å². The van der Waals surface area contributed by atoms with Gasteiger partial charge in [-0.05, 0) is 98.5 Å². The molecule has 2 aromatic heterocycles. The van der Waals surface area contributed by atoms with E-state index >= 15 is 0 Å². The molecule has 17 nitrogen and oxygen atoms in total. The summed E-state index contributed by atoms with van der Waals surface area (Å²) in [5.74, 6) is 0.778. The molecule has 0 spiro atoms. The highest BCUT2D eigenvalue weighted by atomic mass is 16.5. The number of aromatic nitrogens is 5. The number of piperidine rings is 1. The number of carbonyl (C=O) groups excluding carboxylic acids is 4. The predicted molar refractivity (Wildman–Crippen MR) is 235 cm³/mol. The van der Waals surface area contributed by atoms with Crippen LogP contribution >= 0.6 is 0 Å². The lowest BCUT2D eigenvalue weighted by molar-refractivity contribution is -0.136. The lowest BCUT2D eigenvalue weighted by Crippen LogP contribution is -2.52. The fraction of sp³-hybridized carbons (Fsp3) is 0.391. The molecule has 1 saturated heterocycles. The number of amides is 4. The second-order valence-corrected chi connectivity index (χ2v) is 15.5. The third kappa shape index (κ3) is 11.8. The number of rotatable bonds is 24. The van der Waals surface area contributed by atoms with E-state index in [2.05, 4.69) is 42.2 Å². The smallest absolute Gasteiger partial charge is 0.255 e. The van der Waals surface area contributed by atoms with E-state index in [1.54, 1.807) is 29.3 Å². The Morgan fingerprint density at radius 3 is 2.54 bits per heavy atom. The van der Waals surface area contributed by atoms with Crippen molar-refractivity contribution in [1.29, 1.82) is 0 Å². The molecule has 4 heterocycles. The molecule has 2 aliphatic heterocycles. The first-order valence-corrected chi connectivity index (χ1v) is 21.4. The van der Waals surface area contributed by atoms with Gasteiger partial charge in [0.05, 0.1) is 19.8 Å². The molecule has 5 aromatic rings. The maximum atomic E-state index is 13.0. The molecule has 0 saturated carbocycles. The summed E-state index contributed by atoms with van der Waals surface area (Å²) < 4.78 is 19.5. The number of ether oxygens (including phenoxy) is 3. The molecule has 7 rings (SSSR count). The Morgan fingerprint density at radius 2 is 1.71 bits per heavy atom. The minimum Gasteiger partial charge on any atom is -0.494 e. The van der Waals surface area contributed by atoms with Crippen molar-refractivity contribution in [2.75, 3.05) is 50.2 Å². The average molecular weight is 859 g/mol. The molecule has 0 bridgehead atoms. The number of carbonyl (C=O) groups is 4. The van der Waals surface area contributed by atoms with Gasteiger partial charge in [0.25, 0.3) is 5.91 Å². The SMILES string of the molecule is Cn1c(CNc2ccc(CCc3cccc(OCCCCCOCCCOCCNc4cccc5c4CN(C4CCC(=O)NC4=O)C5=O)c3)c(C(N)=O)c2)nnc1-c1ccncn1. The summed E-state index contributed by atoms with van der Waals surface area (Å²) in [4.78, 5) is 59.2. The monoisotopic (exact) mass is 858 g/mol. The molecule has 0 radical (unpaired) electrons. The van der Waals surface area contributed by atoms with Crippen LogP contribution in [0.2, 0.25) is 0 Å². The maximum absolute atomic E-state index is 13.0. The van der Waals surface area contributed by atoms with Gasteiger partial charge in [0.2, 0.25) is 17.7 Å². The predicted octanol–water partition coefficient (Wildman–Crippen LogP) is 4.61. The van der Waals surface area contributed by atoms with Gasteiger partial charge in [0, 0.05) is 80.6 Å². The normalized spacial score (nSPS) is 14.7. The van der Waals surface area contributed by atoms with E-state index in [1.807, 2.05) is 54.1 Å². The maximum Gasteiger partial charge on any atom is 0.255 e. The summed E-state index contributed by atoms with van der Waals surface area (Å²) in [6, 6.07) is 20.4. The fourth-order valence-corrected chi connectivity index (χ4v) is 7.70. The van der Waals surface area contributed by atoms with Crippen molar-refractivity contribution in [3.05, 3.63) is 113 Å². The van der Waals surface area contributed by atoms with Crippen molar-refractivity contribution in [1.82, 2.24) is 34.9 Å². The Bertz CT molecular complexity index is 2370. The highest BCUT2D eigenvalue weighted by molar-refractivity contribution is 6.06. The highest BCUT2D eigenvalue weighted by Gasteiger charge is 2.39. The van der Waals surface area contributed by atoms with Gasteiger partial charge in [-0.1, -0.05) is 24.3 Å². The largest absolute Gasteiger partial charge is 0.494 e. The number of hydrogen-bond acceptors (Lipinski definition) is 13. The van der Waals surface area contributed by atoms with E-state index in [-0.39, 0.29) is 18.2 Å². The van der Waals surface area contributed by atoms with Crippen molar-refractivity contribution >= 4 is 35.0 Å². The molecule has 5 N–H and O–H groups in total. The Morgan fingerprint density at radius 1 is 0.889 bits per heavy atom. The quantitative estimate of drug-likeness (QED) is 0.0493. The highest BCUT2D eigenvalue weighted by Crippen LogP contribution is 2.32. The number of fused-ring (bicyclic) bond motifs is 1. The van der Waals surface area contributed by atoms with Crippen molar-refractivity contribution in [3.63, 3.8) is 0 Å². The van der Waals surface area contributed by atoms with Gasteiger partial charge >= 0.3 is 0 Å². The Labute approximate surface area is 366 Å². The number of aryl methyl sites for hydroxylation is 2. The van der Waals surface area contributed by atoms with E-state index in [0.29, 0.717) is 94.0 Å². The van der Waals surface area contributed by atoms with Gasteiger partial charge in [-0.15, -0.1) is 10.2 Å². The van der Waals surface area contributed by atoms with Crippen LogP contribution in [0.3, 0.4) is 0 Å². The van der Waals surface area contributed by atoms with Crippen molar-refractivity contribution in [2.24, 2.45) is 12.8 Å². The molecule has 2 aliphatic rings. The summed E-state index contributed by atoms with van der Waals surface area (Å²) in [7, 11) is 1.88. The van der Waals surface area contributed by atoms with Gasteiger partial charge < -0.3 is 40.0 Å². The second kappa shape index (κ2) is 21.9. The lowest BCUT2D eigenvalue weighted by Gasteiger charge is -2.29. The zero-order chi connectivity index (χ0) is 44.0. The first kappa shape index (κ1) is 44.3. The molecule has 3 aromatic carbocycles. The number of nitrogens with one attached hydrogen (secondary N) is 3. The first-order valence-electron chi connectivity index (χ1n) is 21.4. The van der Waals surface area contributed by atoms with E-state index < -0.39 is 17.9 Å². The molecule has 1 fully saturated rings. The topological polar surface area (TPSA) is 218 Å². The number of benzene rings is 3. The minimum atomic E-state index is -0.638. The van der Waals surface area contributed by atoms with Crippen LogP contribution in [0.1, 0.15) is 81.8 Å². The second-order valence-electron chi connectivity index (χ2n) is 15.5. The van der Waals surface area contributed by atoms with E-state index in [4.69, 9.17) is 19.9 Å². The Hall–Kier alpha value is -6.72. The van der Waals surface area contributed by atoms with E-state index in [1.165, 1.54) is 6.33 Å². The molecule has 0 aliphatic carbocycles. The number of imide groups is 1. The molecule has 1 atom stereocenters. The number of hydrogen-bond donors (Lipinski definition) is 4. The average Bonchev–Trinajstić information content (AvgIpc) is 3.83. The van der Waals surface area contributed by atoms with Crippen LogP contribution in [-0.2, 0) is 52.0 Å². The zero-order valence-corrected chi connectivity index (χ0v) is 35.5. The van der Waals surface area contributed by atoms with Crippen LogP contribution in [0, 0.1) is 0 Å². The van der Waals surface area contributed by atoms with Crippen molar-refractivity contribution in [2.45, 2.75) is 70.5 Å². The van der Waals surface area contributed by atoms with Crippen LogP contribution in [0.5, 0.6) is 5.75 Å². The van der Waals surface area contributed by atoms with E-state index in [0.717, 1.165) is 65.9 Å². The summed E-state index contributed by atoms with van der Waals surface area (Å²) in [6.45, 7) is 4.30. The molecular weight excluding hydrogens is 805 g/mol. The molecular formula is C46H54N10O7. The van der Waals surface area contributed by atoms with Gasteiger partial charge in [-0.3, -0.25) is 24.5 Å². The van der Waals surface area contributed by atoms with E-state index in [9.17, 15) is 19.2 Å². The van der Waals surface area contributed by atoms with Crippen LogP contribution in [0.25, 0.3) is 11.5 Å². The zero-order valence-electron chi connectivity index (χ0n) is 35.5. The Kier molecular flexibility index (Phi) is 15.4. The summed E-state index contributed by atoms with van der Waals surface area (Å²) in [5.41, 5.74) is 12.0. The number of nitrogens with two attached hydrogens (primary N) is 1.